The third kappa shape index (κ3) is 5.31. The molecule has 0 saturated carbocycles. The second-order valence-corrected chi connectivity index (χ2v) is 8.00. The Bertz CT molecular complexity index is 565. The van der Waals surface area contributed by atoms with E-state index in [1.165, 1.54) is 14.7 Å². The second kappa shape index (κ2) is 9.02. The molecule has 0 bridgehead atoms. The molecule has 0 aromatic rings. The maximum absolute atomic E-state index is 12.8. The van der Waals surface area contributed by atoms with Gasteiger partial charge in [-0.15, -0.1) is 0 Å². The van der Waals surface area contributed by atoms with E-state index in [0.29, 0.717) is 16.7 Å². The number of hydrogen-bond donors (Lipinski definition) is 0. The molecule has 1 heterocycles. The Labute approximate surface area is 163 Å². The van der Waals surface area contributed by atoms with Crippen LogP contribution in [-0.4, -0.2) is 52.4 Å². The first kappa shape index (κ1) is 22.7. The van der Waals surface area contributed by atoms with Crippen LogP contribution in [0.15, 0.2) is 36.5 Å². The lowest BCUT2D eigenvalue weighted by atomic mass is 10.0. The van der Waals surface area contributed by atoms with E-state index in [1.54, 1.807) is 0 Å². The van der Waals surface area contributed by atoms with E-state index < -0.39 is 0 Å². The molecule has 6 heteroatoms. The Hall–Kier alpha value is -2.37. The summed E-state index contributed by atoms with van der Waals surface area (Å²) in [5.41, 5.74) is 1.34. The Morgan fingerprint density at radius 2 is 0.741 bits per heavy atom. The van der Waals surface area contributed by atoms with Gasteiger partial charge in [0, 0.05) is 16.7 Å². The van der Waals surface area contributed by atoms with Crippen molar-refractivity contribution in [3.63, 3.8) is 0 Å². The average Bonchev–Trinajstić information content (AvgIpc) is 2.63. The fourth-order valence-electron chi connectivity index (χ4n) is 2.49. The molecule has 6 nitrogen and oxygen atoms in total. The molecule has 0 radical (unpaired) electrons. The molecule has 1 aliphatic heterocycles. The van der Waals surface area contributed by atoms with Crippen molar-refractivity contribution >= 4 is 17.7 Å². The highest BCUT2D eigenvalue weighted by atomic mass is 16.2. The Kier molecular flexibility index (Phi) is 7.57. The lowest BCUT2D eigenvalue weighted by Gasteiger charge is -2.43. The summed E-state index contributed by atoms with van der Waals surface area (Å²) in [6.45, 7) is 23.2. The number of carbonyl (C=O) groups is 3. The lowest BCUT2D eigenvalue weighted by molar-refractivity contribution is -0.154. The molecule has 1 rings (SSSR count). The molecular weight excluding hydrogens is 342 g/mol. The summed E-state index contributed by atoms with van der Waals surface area (Å²) in [7, 11) is 0. The maximum Gasteiger partial charge on any atom is 0.252 e. The summed E-state index contributed by atoms with van der Waals surface area (Å²) in [6, 6.07) is 0. The van der Waals surface area contributed by atoms with E-state index in [-0.39, 0.29) is 55.5 Å². The summed E-state index contributed by atoms with van der Waals surface area (Å²) in [5, 5.41) is 0. The molecule has 1 saturated heterocycles. The molecular formula is C21H33N3O3. The highest BCUT2D eigenvalue weighted by Gasteiger charge is 2.34. The van der Waals surface area contributed by atoms with E-state index >= 15 is 0 Å². The molecule has 0 atom stereocenters. The van der Waals surface area contributed by atoms with Crippen LogP contribution in [0, 0.1) is 17.8 Å². The van der Waals surface area contributed by atoms with E-state index in [4.69, 9.17) is 0 Å². The normalized spacial score (nSPS) is 14.8. The van der Waals surface area contributed by atoms with Crippen LogP contribution in [0.1, 0.15) is 41.5 Å². The number of carbonyl (C=O) groups excluding carboxylic acids is 3. The number of hydrogen-bond acceptors (Lipinski definition) is 3. The summed E-state index contributed by atoms with van der Waals surface area (Å²) in [4.78, 5) is 42.8. The average molecular weight is 376 g/mol. The van der Waals surface area contributed by atoms with Crippen molar-refractivity contribution in [3.8, 4) is 0 Å². The zero-order valence-corrected chi connectivity index (χ0v) is 17.5. The van der Waals surface area contributed by atoms with Crippen LogP contribution < -0.4 is 0 Å². The van der Waals surface area contributed by atoms with Gasteiger partial charge in [0.15, 0.2) is 0 Å². The van der Waals surface area contributed by atoms with Gasteiger partial charge in [-0.25, -0.2) is 0 Å². The van der Waals surface area contributed by atoms with Crippen LogP contribution in [0.3, 0.4) is 0 Å². The molecule has 1 fully saturated rings. The summed E-state index contributed by atoms with van der Waals surface area (Å²) in [6.07, 6.45) is 0. The molecule has 0 aromatic heterocycles. The lowest BCUT2D eigenvalue weighted by Crippen LogP contribution is -2.60. The fourth-order valence-corrected chi connectivity index (χ4v) is 2.49. The molecule has 0 N–H and O–H groups in total. The topological polar surface area (TPSA) is 60.9 Å². The molecule has 0 spiro atoms. The zero-order chi connectivity index (χ0) is 21.0. The molecule has 150 valence electrons. The second-order valence-electron chi connectivity index (χ2n) is 8.00. The van der Waals surface area contributed by atoms with Crippen molar-refractivity contribution < 1.29 is 14.4 Å². The predicted octanol–water partition coefficient (Wildman–Crippen LogP) is 2.99. The Balaban J connectivity index is 3.16. The molecule has 27 heavy (non-hydrogen) atoms. The summed E-state index contributed by atoms with van der Waals surface area (Å²) >= 11 is 0. The van der Waals surface area contributed by atoms with E-state index in [0.717, 1.165) is 0 Å². The highest BCUT2D eigenvalue weighted by Crippen LogP contribution is 2.21. The first-order chi connectivity index (χ1) is 12.4. The van der Waals surface area contributed by atoms with Gasteiger partial charge in [-0.2, -0.15) is 0 Å². The van der Waals surface area contributed by atoms with Crippen molar-refractivity contribution in [1.82, 2.24) is 14.7 Å². The first-order valence-electron chi connectivity index (χ1n) is 9.32. The first-order valence-corrected chi connectivity index (χ1v) is 9.32. The van der Waals surface area contributed by atoms with Gasteiger partial charge in [-0.05, 0) is 17.8 Å². The smallest absolute Gasteiger partial charge is 0.252 e. The number of amides is 3. The number of rotatable bonds is 6. The van der Waals surface area contributed by atoms with Crippen molar-refractivity contribution in [3.05, 3.63) is 36.5 Å². The van der Waals surface area contributed by atoms with Crippen LogP contribution in [-0.2, 0) is 14.4 Å². The van der Waals surface area contributed by atoms with Crippen LogP contribution >= 0.6 is 0 Å². The van der Waals surface area contributed by atoms with E-state index in [2.05, 4.69) is 19.7 Å². The Morgan fingerprint density at radius 3 is 0.889 bits per heavy atom. The van der Waals surface area contributed by atoms with Crippen LogP contribution in [0.25, 0.3) is 0 Å². The minimum atomic E-state index is -0.259. The van der Waals surface area contributed by atoms with Gasteiger partial charge in [0.05, 0.1) is 20.0 Å². The van der Waals surface area contributed by atoms with Gasteiger partial charge < -0.3 is 14.7 Å². The highest BCUT2D eigenvalue weighted by molar-refractivity contribution is 5.97. The quantitative estimate of drug-likeness (QED) is 0.671. The fraction of sp³-hybridized carbons (Fsp3) is 0.571. The van der Waals surface area contributed by atoms with Crippen molar-refractivity contribution in [2.75, 3.05) is 20.0 Å². The van der Waals surface area contributed by atoms with Gasteiger partial charge in [-0.3, -0.25) is 14.4 Å². The van der Waals surface area contributed by atoms with Crippen molar-refractivity contribution in [2.24, 2.45) is 17.8 Å². The van der Waals surface area contributed by atoms with Crippen molar-refractivity contribution in [2.45, 2.75) is 41.5 Å². The largest absolute Gasteiger partial charge is 0.303 e. The van der Waals surface area contributed by atoms with E-state index in [9.17, 15) is 14.4 Å². The van der Waals surface area contributed by atoms with Gasteiger partial charge in [0.25, 0.3) is 17.7 Å². The molecule has 0 aromatic carbocycles. The third-order valence-electron chi connectivity index (χ3n) is 4.80. The molecule has 1 aliphatic rings. The number of nitrogens with zero attached hydrogens (tertiary/aromatic N) is 3. The standard InChI is InChI=1S/C21H33N3O3/c1-13(2)16(7)19(25)22-10-23(20(26)17(8)14(3)4)12-24(11-22)21(27)18(9)15(5)6/h13-15H,7-12H2,1-6H3. The molecule has 0 aliphatic carbocycles. The van der Waals surface area contributed by atoms with E-state index in [1.807, 2.05) is 41.5 Å². The van der Waals surface area contributed by atoms with Crippen LogP contribution in [0.5, 0.6) is 0 Å². The summed E-state index contributed by atoms with van der Waals surface area (Å²) in [5.74, 6) is -0.848. The molecule has 3 amide bonds. The molecule has 0 unspecified atom stereocenters. The van der Waals surface area contributed by atoms with Gasteiger partial charge >= 0.3 is 0 Å². The SMILES string of the molecule is C=C(C(=O)N1CN(C(=O)C(=C)C(C)C)CN(C(=O)C(=C)C(C)C)C1)C(C)C. The Morgan fingerprint density at radius 1 is 0.556 bits per heavy atom. The van der Waals surface area contributed by atoms with Gasteiger partial charge in [-0.1, -0.05) is 61.3 Å². The summed E-state index contributed by atoms with van der Waals surface area (Å²) < 4.78 is 0. The predicted molar refractivity (Wildman–Crippen MR) is 107 cm³/mol. The van der Waals surface area contributed by atoms with Crippen LogP contribution in [0.4, 0.5) is 0 Å². The van der Waals surface area contributed by atoms with Crippen molar-refractivity contribution in [1.29, 1.82) is 0 Å². The maximum atomic E-state index is 12.8. The minimum absolute atomic E-state index is 0.0241. The monoisotopic (exact) mass is 375 g/mol. The van der Waals surface area contributed by atoms with Gasteiger partial charge in [0.1, 0.15) is 0 Å². The third-order valence-corrected chi connectivity index (χ3v) is 4.80. The van der Waals surface area contributed by atoms with Crippen LogP contribution in [0.2, 0.25) is 0 Å². The van der Waals surface area contributed by atoms with Gasteiger partial charge in [0.2, 0.25) is 0 Å². The minimum Gasteiger partial charge on any atom is -0.303 e. The zero-order valence-electron chi connectivity index (χ0n) is 17.5.